The Morgan fingerprint density at radius 1 is 0.756 bits per heavy atom. The molecule has 1 aromatic carbocycles. The summed E-state index contributed by atoms with van der Waals surface area (Å²) in [4.78, 5) is 27.4. The SMILES string of the molecule is CC(C)(C)P(C[C]12[CH]3[C]4(c5ccccc5)[CH]5[C]1(C(P)(c1cnccn1)c1cnccn1)[Fe]35421678[CH]2[CH]1[CH]6[CH]7[CH]28)C(C)(C)C. The molecular weight excluding hydrogens is 582 g/mol. The minimum absolute atomic E-state index is 0.203. The van der Waals surface area contributed by atoms with E-state index in [0.29, 0.717) is 23.3 Å². The molecule has 13 rings (SSSR count). The monoisotopic (exact) mass is 622 g/mol. The topological polar surface area (TPSA) is 51.6 Å². The van der Waals surface area contributed by atoms with Gasteiger partial charge in [0.1, 0.15) is 0 Å². The third-order valence-electron chi connectivity index (χ3n) is 21.0. The molecule has 10 saturated heterocycles. The summed E-state index contributed by atoms with van der Waals surface area (Å²) in [5.74, 6) is 0. The molecule has 6 unspecified atom stereocenters. The van der Waals surface area contributed by atoms with Gasteiger partial charge in [0.2, 0.25) is 0 Å². The van der Waals surface area contributed by atoms with Crippen LogP contribution in [0.5, 0.6) is 0 Å². The van der Waals surface area contributed by atoms with E-state index in [4.69, 9.17) is 19.9 Å². The first-order valence-electron chi connectivity index (χ1n) is 15.6. The van der Waals surface area contributed by atoms with Crippen molar-refractivity contribution in [1.29, 1.82) is 0 Å². The number of fused-ring (bicyclic) bond motifs is 10. The Hall–Kier alpha value is -1.24. The molecule has 10 aliphatic rings. The summed E-state index contributed by atoms with van der Waals surface area (Å²) < 4.78 is 1.48. The van der Waals surface area contributed by atoms with Crippen LogP contribution in [-0.4, -0.2) is 36.4 Å². The molecule has 6 atom stereocenters. The van der Waals surface area contributed by atoms with Crippen LogP contribution in [0.3, 0.4) is 0 Å². The van der Waals surface area contributed by atoms with Crippen LogP contribution in [0.4, 0.5) is 0 Å². The summed E-state index contributed by atoms with van der Waals surface area (Å²) in [6, 6.07) is 12.1. The standard InChI is InChI=1S/C29H35N4P2.C5H5.Fe/c1-27(2,3)35(28(4,5)6)20-23-16-22(21-10-8-7-9-11-21)17-24(23)29(34,25-18-30-12-14-32-25)26-19-31-13-15-33-26;1-2-4-5-3-1;/h7-19H,20,34H2,1-6H3;1-5H;. The molecule has 0 amide bonds. The maximum atomic E-state index is 5.20. The Morgan fingerprint density at radius 2 is 1.27 bits per heavy atom. The number of benzene rings is 1. The van der Waals surface area contributed by atoms with Crippen LogP contribution >= 0.6 is 17.2 Å². The molecule has 1 spiro atoms. The molecule has 7 heteroatoms. The maximum absolute atomic E-state index is 5.20. The molecule has 214 valence electrons. The van der Waals surface area contributed by atoms with Crippen molar-refractivity contribution < 1.29 is 6.51 Å². The fourth-order valence-corrected chi connectivity index (χ4v) is 113. The van der Waals surface area contributed by atoms with Crippen LogP contribution in [0.25, 0.3) is 0 Å². The van der Waals surface area contributed by atoms with E-state index in [1.165, 1.54) is 6.16 Å². The van der Waals surface area contributed by atoms with Gasteiger partial charge in [-0.2, -0.15) is 0 Å². The summed E-state index contributed by atoms with van der Waals surface area (Å²) in [5.41, 5.74) is 4.07. The molecule has 0 bridgehead atoms. The molecule has 0 N–H and O–H groups in total. The summed E-state index contributed by atoms with van der Waals surface area (Å²) in [5, 5.41) is 0.371. The summed E-state index contributed by atoms with van der Waals surface area (Å²) in [7, 11) is 3.35. The zero-order chi connectivity index (χ0) is 28.0. The molecule has 10 aliphatic heterocycles. The van der Waals surface area contributed by atoms with E-state index >= 15 is 0 Å². The predicted molar refractivity (Wildman–Crippen MR) is 166 cm³/mol. The molecule has 41 heavy (non-hydrogen) atoms. The second kappa shape index (κ2) is 3.33. The van der Waals surface area contributed by atoms with Gasteiger partial charge in [-0.1, -0.05) is 0 Å². The van der Waals surface area contributed by atoms with Crippen molar-refractivity contribution in [1.82, 2.24) is 19.9 Å². The second-order valence-corrected chi connectivity index (χ2v) is 47.0. The molecular formula is C34H40FeN4P2. The van der Waals surface area contributed by atoms with Gasteiger partial charge < -0.3 is 0 Å². The Kier molecular flexibility index (Phi) is 1.81. The molecule has 3 aromatic rings. The van der Waals surface area contributed by atoms with Gasteiger partial charge in [-0.15, -0.1) is 0 Å². The quantitative estimate of drug-likeness (QED) is 0.204. The molecule has 12 heterocycles. The number of hydrogen-bond donors (Lipinski definition) is 0. The van der Waals surface area contributed by atoms with Gasteiger partial charge in [-0.3, -0.25) is 0 Å². The minimum atomic E-state index is -4.38. The van der Waals surface area contributed by atoms with E-state index in [1.54, 1.807) is 5.56 Å². The second-order valence-electron chi connectivity index (χ2n) is 19.3. The Bertz CT molecular complexity index is 2120. The van der Waals surface area contributed by atoms with Gasteiger partial charge >= 0.3 is 238 Å². The molecule has 10 fully saturated rings. The Balaban J connectivity index is 1.19. The summed E-state index contributed by atoms with van der Waals surface area (Å²) >= 11 is 0. The molecule has 0 radical (unpaired) electrons. The van der Waals surface area contributed by atoms with Crippen molar-refractivity contribution >= 4 is 17.2 Å². The van der Waals surface area contributed by atoms with Crippen molar-refractivity contribution in [2.45, 2.75) is 104 Å². The normalized spacial score (nSPS) is 61.2. The van der Waals surface area contributed by atoms with E-state index in [0.717, 1.165) is 45.1 Å². The average molecular weight is 623 g/mol. The Labute approximate surface area is 237 Å². The predicted octanol–water partition coefficient (Wildman–Crippen LogP) is 8.70. The van der Waals surface area contributed by atoms with E-state index < -0.39 is 6.51 Å². The fraction of sp³-hybridized carbons (Fsp3) is 0.588. The molecule has 0 saturated carbocycles. The van der Waals surface area contributed by atoms with Crippen LogP contribution in [0.15, 0.2) is 67.5 Å². The zero-order valence-corrected chi connectivity index (χ0v) is 27.9. The van der Waals surface area contributed by atoms with E-state index in [2.05, 4.69) is 93.5 Å². The van der Waals surface area contributed by atoms with E-state index in [9.17, 15) is 0 Å². The van der Waals surface area contributed by atoms with Gasteiger partial charge in [0.15, 0.2) is 0 Å². The Morgan fingerprint density at radius 3 is 1.68 bits per heavy atom. The number of aromatic nitrogens is 4. The molecule has 2 aromatic heterocycles. The number of hydrogen-bond acceptors (Lipinski definition) is 4. The van der Waals surface area contributed by atoms with E-state index in [1.807, 2.05) is 24.8 Å². The first kappa shape index (κ1) is 22.3. The van der Waals surface area contributed by atoms with Crippen LogP contribution in [0.1, 0.15) is 58.5 Å². The van der Waals surface area contributed by atoms with Gasteiger partial charge in [0.05, 0.1) is 0 Å². The van der Waals surface area contributed by atoms with Crippen molar-refractivity contribution in [3.8, 4) is 0 Å². The first-order valence-corrected chi connectivity index (χ1v) is 23.8. The fourth-order valence-electron chi connectivity index (χ4n) is 23.7. The third kappa shape index (κ3) is 0.557. The number of rotatable bonds is 6. The van der Waals surface area contributed by atoms with Crippen LogP contribution in [-0.2, 0) is 16.0 Å². The van der Waals surface area contributed by atoms with Crippen molar-refractivity contribution in [3.05, 3.63) is 84.5 Å². The summed E-state index contributed by atoms with van der Waals surface area (Å²) in [6.45, 7) is 11.0. The molecule has 4 nitrogen and oxygen atoms in total. The summed E-state index contributed by atoms with van der Waals surface area (Å²) in [6.07, 6.45) is 13.3. The first-order chi connectivity index (χ1) is 19.2. The van der Waals surface area contributed by atoms with Gasteiger partial charge in [-0.25, -0.2) is 0 Å². The van der Waals surface area contributed by atoms with Gasteiger partial charge in [0.25, 0.3) is 0 Å². The van der Waals surface area contributed by atoms with Crippen LogP contribution < -0.4 is 0 Å². The zero-order valence-electron chi connectivity index (χ0n) is 24.8. The van der Waals surface area contributed by atoms with Crippen molar-refractivity contribution in [2.75, 3.05) is 6.16 Å². The number of nitrogens with zero attached hydrogens (tertiary/aromatic N) is 4. The average Bonchev–Trinajstić information content (AvgIpc) is 3.90. The van der Waals surface area contributed by atoms with Gasteiger partial charge in [-0.05, 0) is 0 Å². The van der Waals surface area contributed by atoms with E-state index in [-0.39, 0.29) is 13.1 Å². The van der Waals surface area contributed by atoms with Gasteiger partial charge in [0, 0.05) is 0 Å². The van der Waals surface area contributed by atoms with Crippen LogP contribution in [0, 0.1) is 0 Å². The van der Waals surface area contributed by atoms with Crippen LogP contribution in [0.2, 0.25) is 42.3 Å². The third-order valence-corrected chi connectivity index (χ3v) is 70.6. The molecule has 0 aliphatic carbocycles. The van der Waals surface area contributed by atoms with Crippen molar-refractivity contribution in [2.24, 2.45) is 0 Å². The van der Waals surface area contributed by atoms with Crippen molar-refractivity contribution in [3.63, 3.8) is 0 Å².